The smallest absolute Gasteiger partial charge is 0.337 e. The average molecular weight is 391 g/mol. The van der Waals surface area contributed by atoms with E-state index in [1.54, 1.807) is 18.2 Å². The lowest BCUT2D eigenvalue weighted by Crippen LogP contribution is -2.03. The number of non-ortho nitro benzene ring substituents is 1. The molecular weight excluding hydrogens is 378 g/mol. The normalized spacial score (nSPS) is 10.7. The number of carboxylic acid groups (broad SMARTS) is 1. The van der Waals surface area contributed by atoms with Crippen molar-refractivity contribution in [1.29, 1.82) is 0 Å². The van der Waals surface area contributed by atoms with Gasteiger partial charge in [0.1, 0.15) is 0 Å². The molecule has 0 unspecified atom stereocenters. The van der Waals surface area contributed by atoms with E-state index >= 15 is 0 Å². The number of anilines is 2. The number of nitrogens with zero attached hydrogens (tertiary/aromatic N) is 2. The Balaban J connectivity index is 1.76. The standard InChI is InChI=1S/C20H13N3O4S/c24-19(25)15-10-14-13(7-4-8-18(14)23(26)27)9-16(15)21-20-22-17(11-28-20)12-5-2-1-3-6-12/h1-11H,(H,21,22)(H,24,25). The second-order valence-corrected chi connectivity index (χ2v) is 6.85. The van der Waals surface area contributed by atoms with Crippen LogP contribution < -0.4 is 5.32 Å². The van der Waals surface area contributed by atoms with Gasteiger partial charge >= 0.3 is 5.97 Å². The first-order valence-electron chi connectivity index (χ1n) is 8.25. The molecule has 0 fully saturated rings. The third kappa shape index (κ3) is 3.28. The van der Waals surface area contributed by atoms with Crippen LogP contribution in [0.4, 0.5) is 16.5 Å². The van der Waals surface area contributed by atoms with Crippen LogP contribution in [-0.2, 0) is 0 Å². The van der Waals surface area contributed by atoms with Gasteiger partial charge in [0.05, 0.1) is 27.3 Å². The fraction of sp³-hybridized carbons (Fsp3) is 0. The highest BCUT2D eigenvalue weighted by Gasteiger charge is 2.18. The minimum absolute atomic E-state index is 0.0572. The Bertz CT molecular complexity index is 1200. The zero-order valence-electron chi connectivity index (χ0n) is 14.3. The summed E-state index contributed by atoms with van der Waals surface area (Å²) in [5.41, 5.74) is 1.88. The van der Waals surface area contributed by atoms with Gasteiger partial charge in [0.15, 0.2) is 5.13 Å². The minimum atomic E-state index is -1.18. The number of aromatic carboxylic acids is 1. The Morgan fingerprint density at radius 2 is 1.89 bits per heavy atom. The number of hydrogen-bond donors (Lipinski definition) is 2. The van der Waals surface area contributed by atoms with Crippen LogP contribution in [-0.4, -0.2) is 21.0 Å². The molecule has 2 N–H and O–H groups in total. The minimum Gasteiger partial charge on any atom is -0.478 e. The molecule has 0 amide bonds. The van der Waals surface area contributed by atoms with Gasteiger partial charge in [-0.05, 0) is 17.5 Å². The van der Waals surface area contributed by atoms with Crippen molar-refractivity contribution in [3.05, 3.63) is 81.7 Å². The SMILES string of the molecule is O=C(O)c1cc2c([N+](=O)[O-])cccc2cc1Nc1nc(-c2ccccc2)cs1. The first kappa shape index (κ1) is 17.6. The number of aromatic nitrogens is 1. The second kappa shape index (κ2) is 7.09. The number of carboxylic acids is 1. The maximum absolute atomic E-state index is 11.7. The Hall–Kier alpha value is -3.78. The van der Waals surface area contributed by atoms with E-state index in [9.17, 15) is 20.0 Å². The van der Waals surface area contributed by atoms with Crippen LogP contribution in [0.2, 0.25) is 0 Å². The van der Waals surface area contributed by atoms with Crippen molar-refractivity contribution in [3.8, 4) is 11.3 Å². The largest absolute Gasteiger partial charge is 0.478 e. The summed E-state index contributed by atoms with van der Waals surface area (Å²) in [6.07, 6.45) is 0. The number of nitro groups is 1. The van der Waals surface area contributed by atoms with E-state index in [0.717, 1.165) is 11.3 Å². The summed E-state index contributed by atoms with van der Waals surface area (Å²) in [4.78, 5) is 27.0. The van der Waals surface area contributed by atoms with E-state index in [2.05, 4.69) is 10.3 Å². The summed E-state index contributed by atoms with van der Waals surface area (Å²) < 4.78 is 0. The van der Waals surface area contributed by atoms with Crippen LogP contribution in [0.3, 0.4) is 0 Å². The van der Waals surface area contributed by atoms with Gasteiger partial charge < -0.3 is 10.4 Å². The number of hydrogen-bond acceptors (Lipinski definition) is 6. The van der Waals surface area contributed by atoms with Crippen LogP contribution in [0.25, 0.3) is 22.0 Å². The van der Waals surface area contributed by atoms with E-state index in [0.29, 0.717) is 16.2 Å². The summed E-state index contributed by atoms with van der Waals surface area (Å²) in [5.74, 6) is -1.18. The molecule has 1 heterocycles. The number of rotatable bonds is 5. The molecule has 3 aromatic carbocycles. The lowest BCUT2D eigenvalue weighted by Gasteiger charge is -2.09. The molecule has 28 heavy (non-hydrogen) atoms. The number of benzene rings is 3. The Morgan fingerprint density at radius 3 is 2.61 bits per heavy atom. The summed E-state index contributed by atoms with van der Waals surface area (Å²) in [5, 5.41) is 27.1. The molecule has 7 nitrogen and oxygen atoms in total. The van der Waals surface area contributed by atoms with Gasteiger partial charge in [0, 0.05) is 17.0 Å². The predicted molar refractivity (Wildman–Crippen MR) is 108 cm³/mol. The number of fused-ring (bicyclic) bond motifs is 1. The molecule has 1 aromatic heterocycles. The predicted octanol–water partition coefficient (Wildman–Crippen LogP) is 5.31. The molecule has 0 bridgehead atoms. The third-order valence-electron chi connectivity index (χ3n) is 4.24. The van der Waals surface area contributed by atoms with Crippen molar-refractivity contribution in [2.45, 2.75) is 0 Å². The highest BCUT2D eigenvalue weighted by molar-refractivity contribution is 7.14. The lowest BCUT2D eigenvalue weighted by atomic mass is 10.0. The van der Waals surface area contributed by atoms with Crippen LogP contribution in [0.15, 0.2) is 66.0 Å². The van der Waals surface area contributed by atoms with Gasteiger partial charge in [-0.25, -0.2) is 9.78 Å². The zero-order chi connectivity index (χ0) is 19.7. The molecule has 4 aromatic rings. The first-order chi connectivity index (χ1) is 13.5. The highest BCUT2D eigenvalue weighted by Crippen LogP contribution is 2.33. The van der Waals surface area contributed by atoms with Crippen LogP contribution in [0, 0.1) is 10.1 Å². The molecule has 0 aliphatic carbocycles. The van der Waals surface area contributed by atoms with Crippen molar-refractivity contribution < 1.29 is 14.8 Å². The molecule has 0 aliphatic heterocycles. The van der Waals surface area contributed by atoms with Crippen LogP contribution in [0.5, 0.6) is 0 Å². The van der Waals surface area contributed by atoms with E-state index in [1.807, 2.05) is 35.7 Å². The highest BCUT2D eigenvalue weighted by atomic mass is 32.1. The summed E-state index contributed by atoms with van der Waals surface area (Å²) in [6.45, 7) is 0. The topological polar surface area (TPSA) is 105 Å². The molecule has 0 radical (unpaired) electrons. The molecule has 8 heteroatoms. The number of carbonyl (C=O) groups is 1. The maximum atomic E-state index is 11.7. The number of nitro benzene ring substituents is 1. The third-order valence-corrected chi connectivity index (χ3v) is 5.00. The van der Waals surface area contributed by atoms with Gasteiger partial charge in [-0.15, -0.1) is 11.3 Å². The molecule has 4 rings (SSSR count). The van der Waals surface area contributed by atoms with Gasteiger partial charge in [-0.2, -0.15) is 0 Å². The average Bonchev–Trinajstić information content (AvgIpc) is 3.16. The van der Waals surface area contributed by atoms with E-state index in [4.69, 9.17) is 0 Å². The van der Waals surface area contributed by atoms with Gasteiger partial charge in [0.2, 0.25) is 0 Å². The van der Waals surface area contributed by atoms with Gasteiger partial charge in [-0.1, -0.05) is 42.5 Å². The van der Waals surface area contributed by atoms with Gasteiger partial charge in [-0.3, -0.25) is 10.1 Å². The molecule has 0 aliphatic rings. The zero-order valence-corrected chi connectivity index (χ0v) is 15.1. The molecule has 0 saturated heterocycles. The Morgan fingerprint density at radius 1 is 1.11 bits per heavy atom. The second-order valence-electron chi connectivity index (χ2n) is 5.99. The van der Waals surface area contributed by atoms with Crippen LogP contribution in [0.1, 0.15) is 10.4 Å². The Kier molecular flexibility index (Phi) is 4.46. The summed E-state index contributed by atoms with van der Waals surface area (Å²) in [7, 11) is 0. The maximum Gasteiger partial charge on any atom is 0.337 e. The monoisotopic (exact) mass is 391 g/mol. The Labute approximate surface area is 163 Å². The molecule has 0 atom stereocenters. The van der Waals surface area contributed by atoms with E-state index in [1.165, 1.54) is 23.5 Å². The van der Waals surface area contributed by atoms with Crippen molar-refractivity contribution in [3.63, 3.8) is 0 Å². The van der Waals surface area contributed by atoms with Crippen molar-refractivity contribution in [1.82, 2.24) is 4.98 Å². The quantitative estimate of drug-likeness (QED) is 0.353. The summed E-state index contributed by atoms with van der Waals surface area (Å²) in [6, 6.07) is 17.2. The fourth-order valence-electron chi connectivity index (χ4n) is 2.94. The summed E-state index contributed by atoms with van der Waals surface area (Å²) >= 11 is 1.35. The number of nitrogens with one attached hydrogen (secondary N) is 1. The molecule has 138 valence electrons. The van der Waals surface area contributed by atoms with Crippen molar-refractivity contribution >= 4 is 44.6 Å². The molecular formula is C20H13N3O4S. The fourth-order valence-corrected chi connectivity index (χ4v) is 3.67. The van der Waals surface area contributed by atoms with Crippen molar-refractivity contribution in [2.24, 2.45) is 0 Å². The molecule has 0 spiro atoms. The van der Waals surface area contributed by atoms with E-state index in [-0.39, 0.29) is 16.6 Å². The van der Waals surface area contributed by atoms with Crippen LogP contribution >= 0.6 is 11.3 Å². The number of thiazole rings is 1. The molecule has 0 saturated carbocycles. The van der Waals surface area contributed by atoms with Crippen molar-refractivity contribution in [2.75, 3.05) is 5.32 Å². The van der Waals surface area contributed by atoms with Gasteiger partial charge in [0.25, 0.3) is 5.69 Å². The lowest BCUT2D eigenvalue weighted by molar-refractivity contribution is -0.383. The first-order valence-corrected chi connectivity index (χ1v) is 9.13. The van der Waals surface area contributed by atoms with E-state index < -0.39 is 10.9 Å².